The molecule has 2 aromatic carbocycles. The van der Waals surface area contributed by atoms with Gasteiger partial charge in [-0.05, 0) is 49.2 Å². The monoisotopic (exact) mass is 341 g/mol. The molecule has 1 amide bonds. The van der Waals surface area contributed by atoms with Crippen LogP contribution in [0, 0.1) is 0 Å². The number of hydrogen-bond acceptors (Lipinski definition) is 4. The SMILES string of the molecule is COC[C@H](C)NC(=O)c1ccc(-c2ccc(OC)c(C(C)=O)c2)cc1. The summed E-state index contributed by atoms with van der Waals surface area (Å²) in [5.74, 6) is 0.358. The van der Waals surface area contributed by atoms with Crippen molar-refractivity contribution in [2.45, 2.75) is 19.9 Å². The van der Waals surface area contributed by atoms with Crippen molar-refractivity contribution in [3.8, 4) is 16.9 Å². The third-order valence-electron chi connectivity index (χ3n) is 3.85. The minimum absolute atomic E-state index is 0.0539. The maximum atomic E-state index is 12.2. The van der Waals surface area contributed by atoms with E-state index in [0.29, 0.717) is 23.5 Å². The molecule has 0 heterocycles. The van der Waals surface area contributed by atoms with E-state index in [-0.39, 0.29) is 17.7 Å². The molecule has 0 bridgehead atoms. The van der Waals surface area contributed by atoms with Crippen molar-refractivity contribution in [2.24, 2.45) is 0 Å². The van der Waals surface area contributed by atoms with Gasteiger partial charge in [0, 0.05) is 18.7 Å². The molecule has 0 fully saturated rings. The van der Waals surface area contributed by atoms with Gasteiger partial charge in [0.2, 0.25) is 0 Å². The van der Waals surface area contributed by atoms with Crippen LogP contribution >= 0.6 is 0 Å². The molecule has 5 heteroatoms. The lowest BCUT2D eigenvalue weighted by Crippen LogP contribution is -2.35. The van der Waals surface area contributed by atoms with Gasteiger partial charge in [-0.15, -0.1) is 0 Å². The van der Waals surface area contributed by atoms with Gasteiger partial charge in [-0.3, -0.25) is 9.59 Å². The van der Waals surface area contributed by atoms with E-state index in [1.54, 1.807) is 38.5 Å². The van der Waals surface area contributed by atoms with Crippen LogP contribution in [-0.2, 0) is 4.74 Å². The first-order valence-electron chi connectivity index (χ1n) is 8.05. The number of amides is 1. The summed E-state index contributed by atoms with van der Waals surface area (Å²) in [6.45, 7) is 3.86. The minimum atomic E-state index is -0.143. The van der Waals surface area contributed by atoms with E-state index < -0.39 is 0 Å². The van der Waals surface area contributed by atoms with Crippen LogP contribution in [0.2, 0.25) is 0 Å². The summed E-state index contributed by atoms with van der Waals surface area (Å²) in [7, 11) is 3.14. The molecule has 0 saturated carbocycles. The molecule has 0 saturated heterocycles. The second kappa shape index (κ2) is 8.44. The smallest absolute Gasteiger partial charge is 0.251 e. The number of ether oxygens (including phenoxy) is 2. The molecule has 0 aromatic heterocycles. The molecule has 0 radical (unpaired) electrons. The number of methoxy groups -OCH3 is 2. The van der Waals surface area contributed by atoms with Gasteiger partial charge in [0.15, 0.2) is 5.78 Å². The molecular weight excluding hydrogens is 318 g/mol. The van der Waals surface area contributed by atoms with Crippen LogP contribution in [0.5, 0.6) is 5.75 Å². The summed E-state index contributed by atoms with van der Waals surface area (Å²) < 4.78 is 10.2. The van der Waals surface area contributed by atoms with Gasteiger partial charge in [0.25, 0.3) is 5.91 Å². The Bertz CT molecular complexity index is 753. The average molecular weight is 341 g/mol. The summed E-state index contributed by atoms with van der Waals surface area (Å²) in [4.78, 5) is 23.9. The highest BCUT2D eigenvalue weighted by Gasteiger charge is 2.12. The first kappa shape index (κ1) is 18.7. The quantitative estimate of drug-likeness (QED) is 0.785. The van der Waals surface area contributed by atoms with Crippen molar-refractivity contribution in [1.82, 2.24) is 5.32 Å². The van der Waals surface area contributed by atoms with Gasteiger partial charge in [-0.1, -0.05) is 18.2 Å². The van der Waals surface area contributed by atoms with Crippen LogP contribution in [0.3, 0.4) is 0 Å². The summed E-state index contributed by atoms with van der Waals surface area (Å²) in [5.41, 5.74) is 2.93. The van der Waals surface area contributed by atoms with E-state index in [1.807, 2.05) is 25.1 Å². The minimum Gasteiger partial charge on any atom is -0.496 e. The molecule has 132 valence electrons. The van der Waals surface area contributed by atoms with E-state index in [2.05, 4.69) is 5.32 Å². The van der Waals surface area contributed by atoms with Crippen LogP contribution in [0.1, 0.15) is 34.6 Å². The zero-order chi connectivity index (χ0) is 18.4. The highest BCUT2D eigenvalue weighted by Crippen LogP contribution is 2.27. The standard InChI is InChI=1S/C20H23NO4/c1-13(12-24-3)21-20(23)16-7-5-15(6-8-16)17-9-10-19(25-4)18(11-17)14(2)22/h5-11,13H,12H2,1-4H3,(H,21,23)/t13-/m0/s1. The van der Waals surface area contributed by atoms with Gasteiger partial charge in [0.1, 0.15) is 5.75 Å². The normalized spacial score (nSPS) is 11.7. The number of hydrogen-bond donors (Lipinski definition) is 1. The highest BCUT2D eigenvalue weighted by atomic mass is 16.5. The van der Waals surface area contributed by atoms with Gasteiger partial charge >= 0.3 is 0 Å². The fourth-order valence-electron chi connectivity index (χ4n) is 2.58. The third-order valence-corrected chi connectivity index (χ3v) is 3.85. The molecule has 25 heavy (non-hydrogen) atoms. The van der Waals surface area contributed by atoms with Gasteiger partial charge in [-0.2, -0.15) is 0 Å². The second-order valence-electron chi connectivity index (χ2n) is 5.88. The first-order valence-corrected chi connectivity index (χ1v) is 8.05. The van der Waals surface area contributed by atoms with Gasteiger partial charge < -0.3 is 14.8 Å². The van der Waals surface area contributed by atoms with Gasteiger partial charge in [0.05, 0.1) is 19.3 Å². The van der Waals surface area contributed by atoms with Gasteiger partial charge in [-0.25, -0.2) is 0 Å². The maximum absolute atomic E-state index is 12.2. The van der Waals surface area contributed by atoms with Crippen LogP contribution in [0.15, 0.2) is 42.5 Å². The third kappa shape index (κ3) is 4.67. The van der Waals surface area contributed by atoms with Crippen molar-refractivity contribution in [1.29, 1.82) is 0 Å². The predicted octanol–water partition coefficient (Wildman–Crippen LogP) is 3.33. The molecule has 0 aliphatic rings. The number of Topliss-reactive ketones (excluding diaryl/α,β-unsaturated/α-hetero) is 1. The molecule has 1 atom stereocenters. The van der Waals surface area contributed by atoms with Crippen molar-refractivity contribution in [3.63, 3.8) is 0 Å². The highest BCUT2D eigenvalue weighted by molar-refractivity contribution is 5.98. The summed E-state index contributed by atoms with van der Waals surface area (Å²) in [5, 5.41) is 2.87. The summed E-state index contributed by atoms with van der Waals surface area (Å²) >= 11 is 0. The zero-order valence-electron chi connectivity index (χ0n) is 15.0. The molecule has 0 aliphatic heterocycles. The Kier molecular flexibility index (Phi) is 6.31. The van der Waals surface area contributed by atoms with Crippen LogP contribution in [0.4, 0.5) is 0 Å². The second-order valence-corrected chi connectivity index (χ2v) is 5.88. The Morgan fingerprint density at radius 2 is 1.68 bits per heavy atom. The van der Waals surface area contributed by atoms with Crippen LogP contribution < -0.4 is 10.1 Å². The van der Waals surface area contributed by atoms with Crippen molar-refractivity contribution in [2.75, 3.05) is 20.8 Å². The Hall–Kier alpha value is -2.66. The van der Waals surface area contributed by atoms with E-state index in [9.17, 15) is 9.59 Å². The van der Waals surface area contributed by atoms with Crippen LogP contribution in [0.25, 0.3) is 11.1 Å². The van der Waals surface area contributed by atoms with Crippen molar-refractivity contribution < 1.29 is 19.1 Å². The molecule has 0 aliphatic carbocycles. The number of rotatable bonds is 7. The number of carbonyl (C=O) groups excluding carboxylic acids is 2. The molecular formula is C20H23NO4. The lowest BCUT2D eigenvalue weighted by molar-refractivity contribution is 0.0905. The Morgan fingerprint density at radius 1 is 1.04 bits per heavy atom. The number of ketones is 1. The Balaban J connectivity index is 2.21. The Morgan fingerprint density at radius 3 is 2.24 bits per heavy atom. The fraction of sp³-hybridized carbons (Fsp3) is 0.300. The van der Waals surface area contributed by atoms with E-state index >= 15 is 0 Å². The summed E-state index contributed by atoms with van der Waals surface area (Å²) in [6, 6.07) is 12.7. The molecule has 1 N–H and O–H groups in total. The van der Waals surface area contributed by atoms with E-state index in [0.717, 1.165) is 11.1 Å². The number of benzene rings is 2. The molecule has 0 unspecified atom stereocenters. The predicted molar refractivity (Wildman–Crippen MR) is 97.2 cm³/mol. The molecule has 2 rings (SSSR count). The van der Waals surface area contributed by atoms with Crippen LogP contribution in [-0.4, -0.2) is 38.6 Å². The zero-order valence-corrected chi connectivity index (χ0v) is 15.0. The first-order chi connectivity index (χ1) is 12.0. The van der Waals surface area contributed by atoms with E-state index in [4.69, 9.17) is 9.47 Å². The molecule has 5 nitrogen and oxygen atoms in total. The average Bonchev–Trinajstić information content (AvgIpc) is 2.61. The lowest BCUT2D eigenvalue weighted by Gasteiger charge is -2.13. The van der Waals surface area contributed by atoms with Crippen molar-refractivity contribution in [3.05, 3.63) is 53.6 Å². The molecule has 2 aromatic rings. The van der Waals surface area contributed by atoms with E-state index in [1.165, 1.54) is 6.92 Å². The fourth-order valence-corrected chi connectivity index (χ4v) is 2.58. The number of nitrogens with one attached hydrogen (secondary N) is 1. The largest absolute Gasteiger partial charge is 0.496 e. The summed E-state index contributed by atoms with van der Waals surface area (Å²) in [6.07, 6.45) is 0. The lowest BCUT2D eigenvalue weighted by atomic mass is 9.99. The molecule has 0 spiro atoms. The maximum Gasteiger partial charge on any atom is 0.251 e. The topological polar surface area (TPSA) is 64.6 Å². The number of carbonyl (C=O) groups is 2. The Labute approximate surface area is 148 Å². The van der Waals surface area contributed by atoms with Crippen molar-refractivity contribution >= 4 is 11.7 Å².